The maximum atomic E-state index is 12.5. The Morgan fingerprint density at radius 1 is 1.25 bits per heavy atom. The van der Waals surface area contributed by atoms with Crippen LogP contribution in [0.25, 0.3) is 0 Å². The summed E-state index contributed by atoms with van der Waals surface area (Å²) in [6, 6.07) is -0.0876. The van der Waals surface area contributed by atoms with Crippen molar-refractivity contribution in [2.45, 2.75) is 32.2 Å². The first kappa shape index (κ1) is 15.7. The highest BCUT2D eigenvalue weighted by atomic mass is 32.2. The van der Waals surface area contributed by atoms with Crippen LogP contribution in [-0.4, -0.2) is 61.8 Å². The van der Waals surface area contributed by atoms with Crippen LogP contribution in [0, 0.1) is 5.92 Å². The Balaban J connectivity index is 2.02. The quantitative estimate of drug-likeness (QED) is 0.709. The molecule has 0 saturated carbocycles. The van der Waals surface area contributed by atoms with E-state index in [0.717, 1.165) is 0 Å². The minimum Gasteiger partial charge on any atom is -0.466 e. The van der Waals surface area contributed by atoms with Crippen LogP contribution >= 0.6 is 0 Å². The number of ether oxygens (including phenoxy) is 1. The van der Waals surface area contributed by atoms with Gasteiger partial charge in [-0.2, -0.15) is 17.0 Å². The third-order valence-electron chi connectivity index (χ3n) is 3.84. The number of carbonyl (C=O) groups is 1. The third-order valence-corrected chi connectivity index (χ3v) is 5.81. The van der Waals surface area contributed by atoms with Crippen molar-refractivity contribution in [3.63, 3.8) is 0 Å². The average molecular weight is 305 g/mol. The van der Waals surface area contributed by atoms with Crippen LogP contribution in [0.5, 0.6) is 0 Å². The summed E-state index contributed by atoms with van der Waals surface area (Å²) < 4.78 is 32.8. The fourth-order valence-corrected chi connectivity index (χ4v) is 4.50. The van der Waals surface area contributed by atoms with Crippen molar-refractivity contribution in [3.05, 3.63) is 0 Å². The van der Waals surface area contributed by atoms with Gasteiger partial charge in [0.05, 0.1) is 12.5 Å². The summed E-state index contributed by atoms with van der Waals surface area (Å²) >= 11 is 0. The molecule has 2 aliphatic rings. The van der Waals surface area contributed by atoms with Crippen LogP contribution < -0.4 is 5.73 Å². The molecule has 20 heavy (non-hydrogen) atoms. The predicted octanol–water partition coefficient (Wildman–Crippen LogP) is -0.461. The van der Waals surface area contributed by atoms with Gasteiger partial charge in [-0.25, -0.2) is 0 Å². The Morgan fingerprint density at radius 2 is 1.95 bits per heavy atom. The molecule has 0 aromatic rings. The van der Waals surface area contributed by atoms with Crippen molar-refractivity contribution >= 4 is 16.2 Å². The Labute approximate surface area is 120 Å². The number of nitrogens with two attached hydrogens (primary N) is 1. The molecule has 0 aromatic carbocycles. The zero-order valence-electron chi connectivity index (χ0n) is 11.8. The maximum Gasteiger partial charge on any atom is 0.310 e. The predicted molar refractivity (Wildman–Crippen MR) is 74.0 cm³/mol. The Morgan fingerprint density at radius 3 is 2.55 bits per heavy atom. The molecule has 0 spiro atoms. The summed E-state index contributed by atoms with van der Waals surface area (Å²) in [4.78, 5) is 11.8. The van der Waals surface area contributed by atoms with E-state index in [1.807, 2.05) is 0 Å². The molecular weight excluding hydrogens is 282 g/mol. The van der Waals surface area contributed by atoms with Gasteiger partial charge in [0.25, 0.3) is 10.2 Å². The van der Waals surface area contributed by atoms with Crippen molar-refractivity contribution in [3.8, 4) is 0 Å². The molecular formula is C12H23N3O4S. The number of hydrogen-bond donors (Lipinski definition) is 1. The maximum absolute atomic E-state index is 12.5. The lowest BCUT2D eigenvalue weighted by Crippen LogP contribution is -2.49. The van der Waals surface area contributed by atoms with Crippen LogP contribution in [0.4, 0.5) is 0 Å². The van der Waals surface area contributed by atoms with Crippen LogP contribution in [0.2, 0.25) is 0 Å². The minimum atomic E-state index is -3.50. The minimum absolute atomic E-state index is 0.0876. The van der Waals surface area contributed by atoms with E-state index in [-0.39, 0.29) is 24.5 Å². The molecule has 0 amide bonds. The van der Waals surface area contributed by atoms with E-state index in [2.05, 4.69) is 0 Å². The monoisotopic (exact) mass is 305 g/mol. The third kappa shape index (κ3) is 3.30. The molecule has 2 atom stereocenters. The zero-order valence-corrected chi connectivity index (χ0v) is 12.6. The molecule has 0 aliphatic carbocycles. The lowest BCUT2D eigenvalue weighted by atomic mass is 10.0. The summed E-state index contributed by atoms with van der Waals surface area (Å²) in [7, 11) is -3.50. The number of hydrogen-bond acceptors (Lipinski definition) is 5. The number of carbonyl (C=O) groups excluding carboxylic acids is 1. The molecule has 7 nitrogen and oxygen atoms in total. The molecule has 8 heteroatoms. The van der Waals surface area contributed by atoms with Crippen molar-refractivity contribution < 1.29 is 17.9 Å². The second kappa shape index (κ2) is 6.38. The van der Waals surface area contributed by atoms with Crippen LogP contribution in [0.1, 0.15) is 26.2 Å². The Hall–Kier alpha value is -0.700. The molecule has 1 unspecified atom stereocenters. The van der Waals surface area contributed by atoms with Gasteiger partial charge in [0.15, 0.2) is 0 Å². The van der Waals surface area contributed by atoms with E-state index in [4.69, 9.17) is 10.5 Å². The van der Waals surface area contributed by atoms with Crippen molar-refractivity contribution in [2.75, 3.05) is 32.8 Å². The number of nitrogens with zero attached hydrogens (tertiary/aromatic N) is 2. The van der Waals surface area contributed by atoms with Gasteiger partial charge >= 0.3 is 5.97 Å². The normalized spacial score (nSPS) is 29.5. The molecule has 2 rings (SSSR count). The molecule has 2 fully saturated rings. The van der Waals surface area contributed by atoms with Crippen LogP contribution in [0.15, 0.2) is 0 Å². The van der Waals surface area contributed by atoms with E-state index in [9.17, 15) is 13.2 Å². The van der Waals surface area contributed by atoms with Gasteiger partial charge in [-0.1, -0.05) is 0 Å². The first-order valence-corrected chi connectivity index (χ1v) is 8.52. The average Bonchev–Trinajstić information content (AvgIpc) is 2.86. The fraction of sp³-hybridized carbons (Fsp3) is 0.917. The summed E-state index contributed by atoms with van der Waals surface area (Å²) in [5.74, 6) is -0.653. The van der Waals surface area contributed by atoms with E-state index in [1.54, 1.807) is 6.92 Å². The highest BCUT2D eigenvalue weighted by molar-refractivity contribution is 7.86. The molecule has 2 aliphatic heterocycles. The number of esters is 1. The summed E-state index contributed by atoms with van der Waals surface area (Å²) in [6.45, 7) is 3.58. The van der Waals surface area contributed by atoms with Gasteiger partial charge in [-0.15, -0.1) is 0 Å². The molecule has 0 aromatic heterocycles. The molecule has 2 saturated heterocycles. The fourth-order valence-electron chi connectivity index (χ4n) is 2.73. The van der Waals surface area contributed by atoms with Crippen molar-refractivity contribution in [1.29, 1.82) is 0 Å². The van der Waals surface area contributed by atoms with E-state index in [1.165, 1.54) is 8.61 Å². The first-order chi connectivity index (χ1) is 9.45. The molecule has 2 heterocycles. The Bertz CT molecular complexity index is 454. The first-order valence-electron chi connectivity index (χ1n) is 7.12. The smallest absolute Gasteiger partial charge is 0.310 e. The highest BCUT2D eigenvalue weighted by Crippen LogP contribution is 2.24. The van der Waals surface area contributed by atoms with Crippen LogP contribution in [0.3, 0.4) is 0 Å². The van der Waals surface area contributed by atoms with Gasteiger partial charge in [0.1, 0.15) is 0 Å². The summed E-state index contributed by atoms with van der Waals surface area (Å²) in [5, 5.41) is 0. The van der Waals surface area contributed by atoms with E-state index >= 15 is 0 Å². The van der Waals surface area contributed by atoms with E-state index in [0.29, 0.717) is 45.5 Å². The van der Waals surface area contributed by atoms with Gasteiger partial charge < -0.3 is 10.5 Å². The second-order valence-electron chi connectivity index (χ2n) is 5.36. The summed E-state index contributed by atoms with van der Waals surface area (Å²) in [6.07, 6.45) is 2.06. The molecule has 2 N–H and O–H groups in total. The number of piperidine rings is 1. The largest absolute Gasteiger partial charge is 0.466 e. The standard InChI is InChI=1S/C12H23N3O4S/c1-2-19-12(16)10-4-3-6-14(8-10)20(17,18)15-7-5-11(13)9-15/h10-11H,2-9,13H2,1H3/t10?,11-/m0/s1. The van der Waals surface area contributed by atoms with E-state index < -0.39 is 10.2 Å². The lowest BCUT2D eigenvalue weighted by molar-refractivity contribution is -0.149. The number of rotatable bonds is 4. The molecule has 0 radical (unpaired) electrons. The highest BCUT2D eigenvalue weighted by Gasteiger charge is 2.38. The second-order valence-corrected chi connectivity index (χ2v) is 7.29. The van der Waals surface area contributed by atoms with Gasteiger partial charge in [0, 0.05) is 32.2 Å². The lowest BCUT2D eigenvalue weighted by Gasteiger charge is -2.33. The Kier molecular flexibility index (Phi) is 5.00. The zero-order chi connectivity index (χ0) is 14.8. The summed E-state index contributed by atoms with van der Waals surface area (Å²) in [5.41, 5.74) is 5.77. The van der Waals surface area contributed by atoms with Gasteiger partial charge in [-0.3, -0.25) is 4.79 Å². The van der Waals surface area contributed by atoms with Gasteiger partial charge in [0.2, 0.25) is 0 Å². The molecule has 0 bridgehead atoms. The van der Waals surface area contributed by atoms with Gasteiger partial charge in [-0.05, 0) is 26.2 Å². The van der Waals surface area contributed by atoms with Crippen molar-refractivity contribution in [1.82, 2.24) is 8.61 Å². The SMILES string of the molecule is CCOC(=O)C1CCCN(S(=O)(=O)N2CC[C@H](N)C2)C1. The molecule has 116 valence electrons. The topological polar surface area (TPSA) is 92.9 Å². The van der Waals surface area contributed by atoms with Crippen LogP contribution in [-0.2, 0) is 19.7 Å². The van der Waals surface area contributed by atoms with Crippen molar-refractivity contribution in [2.24, 2.45) is 11.7 Å².